The fourth-order valence-corrected chi connectivity index (χ4v) is 5.05. The van der Waals surface area contributed by atoms with Gasteiger partial charge in [0.05, 0.1) is 11.2 Å². The van der Waals surface area contributed by atoms with E-state index < -0.39 is 17.5 Å². The average Bonchev–Trinajstić information content (AvgIpc) is 2.85. The molecule has 0 bridgehead atoms. The molecule has 184 valence electrons. The Labute approximate surface area is 202 Å². The van der Waals surface area contributed by atoms with Crippen LogP contribution in [0.25, 0.3) is 10.9 Å². The van der Waals surface area contributed by atoms with E-state index in [2.05, 4.69) is 32.7 Å². The second-order valence-corrected chi connectivity index (χ2v) is 9.13. The van der Waals surface area contributed by atoms with Crippen LogP contribution in [0, 0.1) is 11.6 Å². The Hall–Kier alpha value is -3.46. The van der Waals surface area contributed by atoms with E-state index in [1.807, 2.05) is 6.07 Å². The zero-order valence-corrected chi connectivity index (χ0v) is 19.7. The van der Waals surface area contributed by atoms with Gasteiger partial charge in [-0.25, -0.2) is 8.78 Å². The van der Waals surface area contributed by atoms with Gasteiger partial charge in [0.15, 0.2) is 0 Å². The predicted octanol–water partition coefficient (Wildman–Crippen LogP) is 3.24. The first-order valence-corrected chi connectivity index (χ1v) is 12.1. The van der Waals surface area contributed by atoms with Crippen molar-refractivity contribution in [3.8, 4) is 0 Å². The van der Waals surface area contributed by atoms with E-state index in [9.17, 15) is 18.4 Å². The summed E-state index contributed by atoms with van der Waals surface area (Å²) in [5.74, 6) is -1.94. The Morgan fingerprint density at radius 2 is 1.83 bits per heavy atom. The molecule has 1 aromatic heterocycles. The Balaban J connectivity index is 1.27. The Kier molecular flexibility index (Phi) is 6.42. The summed E-state index contributed by atoms with van der Waals surface area (Å²) < 4.78 is 29.5. The maximum atomic E-state index is 14.7. The summed E-state index contributed by atoms with van der Waals surface area (Å²) in [5.41, 5.74) is 3.51. The number of amides is 1. The number of hydrogen-bond acceptors (Lipinski definition) is 5. The van der Waals surface area contributed by atoms with Crippen molar-refractivity contribution in [1.29, 1.82) is 0 Å². The van der Waals surface area contributed by atoms with Crippen LogP contribution in [-0.4, -0.2) is 55.1 Å². The first-order valence-electron chi connectivity index (χ1n) is 12.1. The lowest BCUT2D eigenvalue weighted by molar-refractivity contribution is 0.0955. The van der Waals surface area contributed by atoms with Crippen molar-refractivity contribution in [3.63, 3.8) is 0 Å². The summed E-state index contributed by atoms with van der Waals surface area (Å²) in [6.07, 6.45) is 1.74. The number of nitrogens with one attached hydrogen (secondary N) is 3. The number of fused-ring (bicyclic) bond motifs is 3. The largest absolute Gasteiger partial charge is 0.384 e. The van der Waals surface area contributed by atoms with Gasteiger partial charge in [-0.1, -0.05) is 12.1 Å². The number of aromatic nitrogens is 1. The van der Waals surface area contributed by atoms with Gasteiger partial charge in [-0.3, -0.25) is 14.5 Å². The monoisotopic (exact) mass is 481 g/mol. The quantitative estimate of drug-likeness (QED) is 0.522. The van der Waals surface area contributed by atoms with Crippen LogP contribution in [0.5, 0.6) is 0 Å². The lowest BCUT2D eigenvalue weighted by Gasteiger charge is -2.36. The number of carbonyl (C=O) groups excluding carboxylic acids is 1. The topological polar surface area (TPSA) is 80.5 Å². The van der Waals surface area contributed by atoms with Gasteiger partial charge in [0.1, 0.15) is 17.3 Å². The van der Waals surface area contributed by atoms with Crippen molar-refractivity contribution in [1.82, 2.24) is 15.2 Å². The number of carbonyl (C=O) groups is 1. The molecule has 2 aromatic carbocycles. The van der Waals surface area contributed by atoms with Crippen LogP contribution >= 0.6 is 0 Å². The van der Waals surface area contributed by atoms with E-state index in [0.29, 0.717) is 39.3 Å². The van der Waals surface area contributed by atoms with Crippen LogP contribution in [0.3, 0.4) is 0 Å². The van der Waals surface area contributed by atoms with Crippen molar-refractivity contribution in [2.45, 2.75) is 26.3 Å². The molecule has 0 aliphatic carbocycles. The Morgan fingerprint density at radius 1 is 1.09 bits per heavy atom. The minimum Gasteiger partial charge on any atom is -0.384 e. The summed E-state index contributed by atoms with van der Waals surface area (Å²) in [6.45, 7) is 5.89. The fraction of sp³-hybridized carbons (Fsp3) is 0.385. The van der Waals surface area contributed by atoms with Crippen molar-refractivity contribution < 1.29 is 13.6 Å². The molecule has 2 aliphatic heterocycles. The number of aromatic amines is 1. The molecule has 3 N–H and O–H groups in total. The van der Waals surface area contributed by atoms with Crippen LogP contribution in [0.4, 0.5) is 20.2 Å². The molecule has 0 spiro atoms. The number of H-pyrrole nitrogens is 1. The molecule has 35 heavy (non-hydrogen) atoms. The lowest BCUT2D eigenvalue weighted by atomic mass is 10.0. The number of hydrogen-bond donors (Lipinski definition) is 3. The molecular weight excluding hydrogens is 452 g/mol. The predicted molar refractivity (Wildman–Crippen MR) is 133 cm³/mol. The van der Waals surface area contributed by atoms with Gasteiger partial charge in [0.2, 0.25) is 0 Å². The molecular formula is C26H29F2N5O2. The maximum absolute atomic E-state index is 14.7. The fourth-order valence-electron chi connectivity index (χ4n) is 5.05. The van der Waals surface area contributed by atoms with E-state index >= 15 is 0 Å². The summed E-state index contributed by atoms with van der Waals surface area (Å²) in [7, 11) is 0. The molecule has 3 aromatic rings. The molecule has 0 radical (unpaired) electrons. The maximum Gasteiger partial charge on any atom is 0.253 e. The van der Waals surface area contributed by atoms with Crippen molar-refractivity contribution in [2.75, 3.05) is 49.5 Å². The molecule has 0 atom stereocenters. The zero-order valence-electron chi connectivity index (χ0n) is 19.7. The number of pyridine rings is 1. The lowest BCUT2D eigenvalue weighted by Crippen LogP contribution is -2.46. The molecule has 1 fully saturated rings. The highest BCUT2D eigenvalue weighted by Gasteiger charge is 2.24. The van der Waals surface area contributed by atoms with Gasteiger partial charge >= 0.3 is 0 Å². The van der Waals surface area contributed by atoms with E-state index in [1.54, 1.807) is 11.8 Å². The summed E-state index contributed by atoms with van der Waals surface area (Å²) in [4.78, 5) is 31.4. The highest BCUT2D eigenvalue weighted by Crippen LogP contribution is 2.29. The Bertz CT molecular complexity index is 1310. The second kappa shape index (κ2) is 9.65. The molecule has 5 rings (SSSR count). The molecule has 0 saturated carbocycles. The van der Waals surface area contributed by atoms with Crippen molar-refractivity contribution in [3.05, 3.63) is 69.0 Å². The molecule has 7 nitrogen and oxygen atoms in total. The standard InChI is InChI=1S/C26H29F2N5O2/c1-2-29-25(34)17-13-20(27)24(21(28)14-17)33-10-8-32(9-11-33)15-16-5-6-18-22(12-16)31-26(35)19-4-3-7-30-23(18)19/h5-6,12-14,30H,2-4,7-11,15H2,1H3,(H,29,34)(H,31,35). The Morgan fingerprint density at radius 3 is 2.54 bits per heavy atom. The van der Waals surface area contributed by atoms with Crippen LogP contribution in [-0.2, 0) is 13.0 Å². The number of halogens is 2. The molecule has 2 aliphatic rings. The number of rotatable bonds is 5. The molecule has 1 saturated heterocycles. The van der Waals surface area contributed by atoms with Crippen molar-refractivity contribution >= 4 is 28.2 Å². The second-order valence-electron chi connectivity index (χ2n) is 9.13. The van der Waals surface area contributed by atoms with Gasteiger partial charge in [-0.15, -0.1) is 0 Å². The minimum absolute atomic E-state index is 0.0185. The third-order valence-electron chi connectivity index (χ3n) is 6.79. The summed E-state index contributed by atoms with van der Waals surface area (Å²) in [6, 6.07) is 8.33. The molecule has 9 heteroatoms. The van der Waals surface area contributed by atoms with E-state index in [1.165, 1.54) is 0 Å². The number of anilines is 2. The van der Waals surface area contributed by atoms with Gasteiger partial charge in [0.25, 0.3) is 11.5 Å². The average molecular weight is 482 g/mol. The van der Waals surface area contributed by atoms with Crippen LogP contribution in [0.15, 0.2) is 35.1 Å². The van der Waals surface area contributed by atoms with Crippen molar-refractivity contribution in [2.24, 2.45) is 0 Å². The zero-order chi connectivity index (χ0) is 24.5. The highest BCUT2D eigenvalue weighted by molar-refractivity contribution is 5.95. The number of piperazine rings is 1. The van der Waals surface area contributed by atoms with Gasteiger partial charge in [-0.2, -0.15) is 0 Å². The third kappa shape index (κ3) is 4.60. The van der Waals surface area contributed by atoms with Crippen LogP contribution in [0.1, 0.15) is 34.8 Å². The SMILES string of the molecule is CCNC(=O)c1cc(F)c(N2CCN(Cc3ccc4c5c(c(=O)[nH]c4c3)CCCN5)CC2)c(F)c1. The van der Waals surface area contributed by atoms with Crippen LogP contribution < -0.4 is 21.1 Å². The minimum atomic E-state index is -0.727. The van der Waals surface area contributed by atoms with Gasteiger partial charge < -0.3 is 20.5 Å². The van der Waals surface area contributed by atoms with E-state index in [0.717, 1.165) is 59.2 Å². The van der Waals surface area contributed by atoms with Crippen LogP contribution in [0.2, 0.25) is 0 Å². The molecule has 0 unspecified atom stereocenters. The normalized spacial score (nSPS) is 16.1. The molecule has 1 amide bonds. The summed E-state index contributed by atoms with van der Waals surface area (Å²) in [5, 5.41) is 6.95. The third-order valence-corrected chi connectivity index (χ3v) is 6.79. The number of nitrogens with zero attached hydrogens (tertiary/aromatic N) is 2. The molecule has 3 heterocycles. The first kappa shape index (κ1) is 23.3. The summed E-state index contributed by atoms with van der Waals surface area (Å²) >= 11 is 0. The van der Waals surface area contributed by atoms with E-state index in [4.69, 9.17) is 0 Å². The number of benzene rings is 2. The van der Waals surface area contributed by atoms with Gasteiger partial charge in [0, 0.05) is 62.3 Å². The van der Waals surface area contributed by atoms with Gasteiger partial charge in [-0.05, 0) is 43.5 Å². The smallest absolute Gasteiger partial charge is 0.253 e. The first-order chi connectivity index (χ1) is 16.9. The van der Waals surface area contributed by atoms with E-state index in [-0.39, 0.29) is 16.8 Å². The highest BCUT2D eigenvalue weighted by atomic mass is 19.1.